The minimum Gasteiger partial charge on any atom is -0.462 e. The summed E-state index contributed by atoms with van der Waals surface area (Å²) in [4.78, 5) is 24.7. The van der Waals surface area contributed by atoms with E-state index in [-0.39, 0.29) is 17.3 Å². The first kappa shape index (κ1) is 28.6. The molecule has 1 saturated heterocycles. The summed E-state index contributed by atoms with van der Waals surface area (Å²) in [6.07, 6.45) is -5.31. The summed E-state index contributed by atoms with van der Waals surface area (Å²) in [5.74, 6) is -0.229. The molecular formula is C23H31FN7O7P. The second kappa shape index (κ2) is 11.8. The predicted molar refractivity (Wildman–Crippen MR) is 139 cm³/mol. The van der Waals surface area contributed by atoms with Crippen LogP contribution < -0.4 is 20.7 Å². The van der Waals surface area contributed by atoms with E-state index in [1.807, 2.05) is 0 Å². The van der Waals surface area contributed by atoms with Gasteiger partial charge in [0.1, 0.15) is 24.0 Å². The molecule has 0 unspecified atom stereocenters. The van der Waals surface area contributed by atoms with Gasteiger partial charge in [-0.3, -0.25) is 13.9 Å². The molecule has 1 aliphatic heterocycles. The van der Waals surface area contributed by atoms with Crippen molar-refractivity contribution in [2.75, 3.05) is 24.7 Å². The Hall–Kier alpha value is -3.36. The van der Waals surface area contributed by atoms with Gasteiger partial charge in [0.05, 0.1) is 19.0 Å². The van der Waals surface area contributed by atoms with Gasteiger partial charge in [-0.1, -0.05) is 18.2 Å². The number of hydrogen-bond acceptors (Lipinski definition) is 12. The molecule has 1 aromatic carbocycles. The van der Waals surface area contributed by atoms with Gasteiger partial charge in [0, 0.05) is 7.05 Å². The Morgan fingerprint density at radius 2 is 2.00 bits per heavy atom. The largest absolute Gasteiger partial charge is 0.462 e. The Kier molecular flexibility index (Phi) is 8.67. The third-order valence-corrected chi connectivity index (χ3v) is 7.32. The monoisotopic (exact) mass is 567 g/mol. The van der Waals surface area contributed by atoms with Crippen molar-refractivity contribution in [3.05, 3.63) is 36.7 Å². The molecular weight excluding hydrogens is 536 g/mol. The zero-order valence-corrected chi connectivity index (χ0v) is 22.6. The second-order valence-corrected chi connectivity index (χ2v) is 10.7. The van der Waals surface area contributed by atoms with Gasteiger partial charge in [-0.15, -0.1) is 0 Å². The van der Waals surface area contributed by atoms with Crippen LogP contribution in [-0.4, -0.2) is 74.8 Å². The van der Waals surface area contributed by atoms with Crippen molar-refractivity contribution in [3.63, 3.8) is 0 Å². The van der Waals surface area contributed by atoms with Gasteiger partial charge in [0.15, 0.2) is 29.4 Å². The van der Waals surface area contributed by atoms with E-state index in [4.69, 9.17) is 24.3 Å². The number of ether oxygens (including phenoxy) is 2. The number of aromatic nitrogens is 4. The maximum Gasteiger partial charge on any atom is 0.459 e. The number of carbonyl (C=O) groups is 1. The van der Waals surface area contributed by atoms with Crippen LogP contribution in [0.25, 0.3) is 11.2 Å². The lowest BCUT2D eigenvalue weighted by Gasteiger charge is -2.25. The highest BCUT2D eigenvalue weighted by Crippen LogP contribution is 2.46. The summed E-state index contributed by atoms with van der Waals surface area (Å²) in [5, 5.41) is 16.0. The van der Waals surface area contributed by atoms with Gasteiger partial charge in [0.25, 0.3) is 0 Å². The summed E-state index contributed by atoms with van der Waals surface area (Å²) in [7, 11) is -2.64. The van der Waals surface area contributed by atoms with Gasteiger partial charge >= 0.3 is 13.7 Å². The third kappa shape index (κ3) is 6.45. The summed E-state index contributed by atoms with van der Waals surface area (Å²) < 4.78 is 52.3. The molecule has 2 aromatic heterocycles. The quantitative estimate of drug-likeness (QED) is 0.195. The number of aliphatic hydroxyl groups excluding tert-OH is 1. The minimum atomic E-state index is -4.26. The zero-order valence-electron chi connectivity index (χ0n) is 21.7. The van der Waals surface area contributed by atoms with E-state index in [9.17, 15) is 14.5 Å². The van der Waals surface area contributed by atoms with Gasteiger partial charge < -0.3 is 30.2 Å². The number of imidazole rings is 1. The molecule has 212 valence electrons. The average Bonchev–Trinajstić information content (AvgIpc) is 3.42. The van der Waals surface area contributed by atoms with Crippen LogP contribution >= 0.6 is 7.75 Å². The number of halogens is 1. The van der Waals surface area contributed by atoms with E-state index in [1.54, 1.807) is 51.2 Å². The van der Waals surface area contributed by atoms with Crippen molar-refractivity contribution in [3.8, 4) is 5.75 Å². The lowest BCUT2D eigenvalue weighted by Crippen LogP contribution is -2.37. The fraction of sp³-hybridized carbons (Fsp3) is 0.478. The smallest absolute Gasteiger partial charge is 0.459 e. The minimum absolute atomic E-state index is 0.0716. The van der Waals surface area contributed by atoms with Crippen LogP contribution in [0.1, 0.15) is 27.0 Å². The molecule has 0 amide bonds. The summed E-state index contributed by atoms with van der Waals surface area (Å²) >= 11 is 0. The number of anilines is 2. The van der Waals surface area contributed by atoms with Gasteiger partial charge in [-0.2, -0.15) is 15.1 Å². The van der Waals surface area contributed by atoms with Crippen molar-refractivity contribution in [1.29, 1.82) is 0 Å². The first-order valence-corrected chi connectivity index (χ1v) is 13.7. The first-order valence-electron chi connectivity index (χ1n) is 12.1. The number of benzene rings is 1. The molecule has 6 atom stereocenters. The van der Waals surface area contributed by atoms with E-state index in [1.165, 1.54) is 17.8 Å². The first-order chi connectivity index (χ1) is 18.5. The van der Waals surface area contributed by atoms with Crippen molar-refractivity contribution < 1.29 is 37.4 Å². The molecule has 0 radical (unpaired) electrons. The predicted octanol–water partition coefficient (Wildman–Crippen LogP) is 2.18. The van der Waals surface area contributed by atoms with Crippen LogP contribution in [0.4, 0.5) is 16.2 Å². The number of hydrogen-bond donors (Lipinski definition) is 4. The zero-order chi connectivity index (χ0) is 28.3. The summed E-state index contributed by atoms with van der Waals surface area (Å²) in [6.45, 7) is 4.23. The van der Waals surface area contributed by atoms with E-state index < -0.39 is 57.1 Å². The number of nitrogens with one attached hydrogen (secondary N) is 2. The normalized spacial score (nSPS) is 23.5. The number of aliphatic hydroxyl groups is 1. The number of nitrogens with zero attached hydrogens (tertiary/aromatic N) is 4. The molecule has 1 fully saturated rings. The molecule has 3 aromatic rings. The second-order valence-electron chi connectivity index (χ2n) is 9.04. The van der Waals surface area contributed by atoms with Gasteiger partial charge in [-0.05, 0) is 32.9 Å². The topological polar surface area (TPSA) is 185 Å². The number of esters is 1. The molecule has 0 saturated carbocycles. The maximum absolute atomic E-state index is 15.3. The Morgan fingerprint density at radius 3 is 2.67 bits per heavy atom. The van der Waals surface area contributed by atoms with E-state index in [0.717, 1.165) is 0 Å². The summed E-state index contributed by atoms with van der Waals surface area (Å²) in [5.41, 5.74) is 6.28. The lowest BCUT2D eigenvalue weighted by molar-refractivity contribution is -0.149. The Bertz CT molecular complexity index is 1350. The molecule has 39 heavy (non-hydrogen) atoms. The SMILES string of the molecule is CNc1nc(N)nc2c1ncn2[C@@H]1O[C@H](CO[P@@](=O)(N[C@@H](C)C(=O)OC(C)C)Oc2ccccc2)[C@@H](O)[C@@H]1F. The van der Waals surface area contributed by atoms with Crippen molar-refractivity contribution in [1.82, 2.24) is 24.6 Å². The van der Waals surface area contributed by atoms with Crippen LogP contribution in [0.15, 0.2) is 36.7 Å². The number of alkyl halides is 1. The van der Waals surface area contributed by atoms with E-state index in [2.05, 4.69) is 25.4 Å². The number of nitrogens with two attached hydrogens (primary N) is 1. The van der Waals surface area contributed by atoms with E-state index >= 15 is 4.39 Å². The Balaban J connectivity index is 1.52. The summed E-state index contributed by atoms with van der Waals surface area (Å²) in [6, 6.07) is 7.05. The van der Waals surface area contributed by atoms with Crippen LogP contribution in [-0.2, 0) is 23.4 Å². The van der Waals surface area contributed by atoms with Crippen LogP contribution in [0.5, 0.6) is 5.75 Å². The number of para-hydroxylation sites is 1. The third-order valence-electron chi connectivity index (χ3n) is 5.68. The highest BCUT2D eigenvalue weighted by Gasteiger charge is 2.47. The molecule has 5 N–H and O–H groups in total. The van der Waals surface area contributed by atoms with Crippen molar-refractivity contribution >= 4 is 36.6 Å². The molecule has 3 heterocycles. The molecule has 4 rings (SSSR count). The Morgan fingerprint density at radius 1 is 1.28 bits per heavy atom. The molecule has 14 nitrogen and oxygen atoms in total. The fourth-order valence-corrected chi connectivity index (χ4v) is 5.37. The molecule has 0 spiro atoms. The van der Waals surface area contributed by atoms with Crippen LogP contribution in [0.2, 0.25) is 0 Å². The van der Waals surface area contributed by atoms with Gasteiger partial charge in [-0.25, -0.2) is 13.9 Å². The highest BCUT2D eigenvalue weighted by molar-refractivity contribution is 7.52. The maximum atomic E-state index is 15.3. The molecule has 1 aliphatic rings. The number of fused-ring (bicyclic) bond motifs is 1. The van der Waals surface area contributed by atoms with Crippen molar-refractivity contribution in [2.45, 2.75) is 57.5 Å². The van der Waals surface area contributed by atoms with Crippen molar-refractivity contribution in [2.24, 2.45) is 0 Å². The highest BCUT2D eigenvalue weighted by atomic mass is 31.2. The van der Waals surface area contributed by atoms with Crippen LogP contribution in [0.3, 0.4) is 0 Å². The van der Waals surface area contributed by atoms with Gasteiger partial charge in [0.2, 0.25) is 5.95 Å². The Labute approximate surface area is 223 Å². The number of nitrogen functional groups attached to an aromatic ring is 1. The lowest BCUT2D eigenvalue weighted by atomic mass is 10.1. The molecule has 16 heteroatoms. The standard InChI is InChI=1S/C23H31FN7O7P/c1-12(2)36-22(33)13(3)30-39(34,38-14-8-6-5-7-9-14)35-10-15-18(32)16(24)21(37-15)31-11-27-17-19(26-4)28-23(25)29-20(17)31/h5-9,11-13,15-16,18,21,32H,10H2,1-4H3,(H,30,34)(H3,25,26,28,29)/t13-,15+,16-,18+,21+,39-/m0/s1. The fourth-order valence-electron chi connectivity index (χ4n) is 3.87. The number of carbonyl (C=O) groups excluding carboxylic acids is 1. The molecule has 0 bridgehead atoms. The number of rotatable bonds is 11. The average molecular weight is 568 g/mol. The van der Waals surface area contributed by atoms with Crippen LogP contribution in [0, 0.1) is 0 Å². The van der Waals surface area contributed by atoms with E-state index in [0.29, 0.717) is 11.3 Å². The molecule has 0 aliphatic carbocycles.